The highest BCUT2D eigenvalue weighted by atomic mass is 15.2. The van der Waals surface area contributed by atoms with Crippen molar-refractivity contribution in [1.82, 2.24) is 5.43 Å². The zero-order chi connectivity index (χ0) is 18.2. The second-order valence-electron chi connectivity index (χ2n) is 5.39. The maximum atomic E-state index is 8.70. The topological polar surface area (TPSA) is 139 Å². The molecule has 0 aliphatic carbocycles. The van der Waals surface area contributed by atoms with E-state index >= 15 is 0 Å². The molecule has 2 aromatic rings. The SMILES string of the molecule is Cc1ccc(-c2ccccc2C(=NCCC#N)NN)c(C(N)=NN)c1. The fourth-order valence-corrected chi connectivity index (χ4v) is 2.53. The minimum Gasteiger partial charge on any atom is -0.382 e. The number of amidine groups is 2. The highest BCUT2D eigenvalue weighted by Crippen LogP contribution is 2.28. The van der Waals surface area contributed by atoms with E-state index in [0.29, 0.717) is 18.8 Å². The third-order valence-electron chi connectivity index (χ3n) is 3.69. The lowest BCUT2D eigenvalue weighted by atomic mass is 9.93. The number of aryl methyl sites for hydroxylation is 1. The summed E-state index contributed by atoms with van der Waals surface area (Å²) in [4.78, 5) is 4.37. The first kappa shape index (κ1) is 18.0. The molecule has 0 aliphatic heterocycles. The van der Waals surface area contributed by atoms with E-state index in [2.05, 4.69) is 21.6 Å². The average Bonchev–Trinajstić information content (AvgIpc) is 2.65. The quantitative estimate of drug-likeness (QED) is 0.215. The van der Waals surface area contributed by atoms with Crippen molar-refractivity contribution in [1.29, 1.82) is 5.26 Å². The van der Waals surface area contributed by atoms with Crippen molar-refractivity contribution in [3.8, 4) is 17.2 Å². The fourth-order valence-electron chi connectivity index (χ4n) is 2.53. The third-order valence-corrected chi connectivity index (χ3v) is 3.69. The fraction of sp³-hybridized carbons (Fsp3) is 0.167. The second kappa shape index (κ2) is 8.47. The molecule has 0 aliphatic rings. The summed E-state index contributed by atoms with van der Waals surface area (Å²) in [6.07, 6.45) is 0.315. The molecule has 0 amide bonds. The van der Waals surface area contributed by atoms with Gasteiger partial charge in [0.2, 0.25) is 0 Å². The summed E-state index contributed by atoms with van der Waals surface area (Å²) in [6.45, 7) is 2.33. The van der Waals surface area contributed by atoms with Gasteiger partial charge in [0, 0.05) is 11.1 Å². The molecule has 0 radical (unpaired) electrons. The van der Waals surface area contributed by atoms with Crippen LogP contribution in [0.3, 0.4) is 0 Å². The first-order valence-electron chi connectivity index (χ1n) is 7.74. The molecule has 7 N–H and O–H groups in total. The first-order valence-corrected chi connectivity index (χ1v) is 7.74. The van der Waals surface area contributed by atoms with Gasteiger partial charge in [-0.2, -0.15) is 10.4 Å². The van der Waals surface area contributed by atoms with Gasteiger partial charge >= 0.3 is 0 Å². The van der Waals surface area contributed by atoms with Crippen molar-refractivity contribution in [2.24, 2.45) is 27.5 Å². The van der Waals surface area contributed by atoms with Crippen LogP contribution >= 0.6 is 0 Å². The molecule has 2 rings (SSSR count). The van der Waals surface area contributed by atoms with Crippen LogP contribution in [0, 0.1) is 18.3 Å². The van der Waals surface area contributed by atoms with Crippen molar-refractivity contribution in [3.63, 3.8) is 0 Å². The average molecular weight is 335 g/mol. The number of rotatable bonds is 5. The summed E-state index contributed by atoms with van der Waals surface area (Å²) >= 11 is 0. The Labute approximate surface area is 146 Å². The van der Waals surface area contributed by atoms with Crippen LogP contribution in [0.2, 0.25) is 0 Å². The largest absolute Gasteiger partial charge is 0.382 e. The summed E-state index contributed by atoms with van der Waals surface area (Å²) < 4.78 is 0. The Morgan fingerprint density at radius 2 is 1.88 bits per heavy atom. The van der Waals surface area contributed by atoms with Gasteiger partial charge in [-0.25, -0.2) is 5.84 Å². The molecule has 0 aromatic heterocycles. The van der Waals surface area contributed by atoms with Gasteiger partial charge in [0.1, 0.15) is 5.84 Å². The lowest BCUT2D eigenvalue weighted by Crippen LogP contribution is -2.32. The number of nitrogens with one attached hydrogen (secondary N) is 1. The minimum absolute atomic E-state index is 0.247. The number of benzene rings is 2. The molecule has 2 aromatic carbocycles. The van der Waals surface area contributed by atoms with E-state index in [1.165, 1.54) is 0 Å². The predicted molar refractivity (Wildman–Crippen MR) is 100 cm³/mol. The Morgan fingerprint density at radius 3 is 2.56 bits per heavy atom. The predicted octanol–water partition coefficient (Wildman–Crippen LogP) is 1.36. The van der Waals surface area contributed by atoms with Crippen LogP contribution in [-0.2, 0) is 0 Å². The molecule has 0 saturated carbocycles. The maximum Gasteiger partial charge on any atom is 0.150 e. The molecular weight excluding hydrogens is 314 g/mol. The van der Waals surface area contributed by atoms with Crippen LogP contribution in [0.25, 0.3) is 11.1 Å². The van der Waals surface area contributed by atoms with E-state index in [1.807, 2.05) is 49.4 Å². The van der Waals surface area contributed by atoms with Crippen LogP contribution in [0.1, 0.15) is 23.1 Å². The van der Waals surface area contributed by atoms with Crippen molar-refractivity contribution in [3.05, 3.63) is 59.2 Å². The van der Waals surface area contributed by atoms with Gasteiger partial charge in [0.05, 0.1) is 19.0 Å². The molecule has 0 spiro atoms. The number of nitrogens with two attached hydrogens (primary N) is 3. The number of hydrazone groups is 1. The van der Waals surface area contributed by atoms with E-state index in [4.69, 9.17) is 22.7 Å². The lowest BCUT2D eigenvalue weighted by molar-refractivity contribution is 0.958. The Bertz CT molecular complexity index is 847. The molecule has 0 bridgehead atoms. The van der Waals surface area contributed by atoms with Crippen LogP contribution in [-0.4, -0.2) is 18.2 Å². The molecular formula is C18H21N7. The Balaban J connectivity index is 2.63. The van der Waals surface area contributed by atoms with Crippen LogP contribution < -0.4 is 22.8 Å². The van der Waals surface area contributed by atoms with Gasteiger partial charge in [-0.1, -0.05) is 42.0 Å². The zero-order valence-electron chi connectivity index (χ0n) is 14.0. The minimum atomic E-state index is 0.247. The van der Waals surface area contributed by atoms with Gasteiger partial charge in [-0.3, -0.25) is 4.99 Å². The first-order chi connectivity index (χ1) is 12.1. The Kier molecular flexibility index (Phi) is 6.09. The highest BCUT2D eigenvalue weighted by Gasteiger charge is 2.15. The van der Waals surface area contributed by atoms with Gasteiger partial charge in [0.25, 0.3) is 0 Å². The molecule has 0 fully saturated rings. The molecule has 0 unspecified atom stereocenters. The van der Waals surface area contributed by atoms with Crippen molar-refractivity contribution in [2.75, 3.05) is 6.54 Å². The molecule has 25 heavy (non-hydrogen) atoms. The van der Waals surface area contributed by atoms with E-state index in [9.17, 15) is 0 Å². The highest BCUT2D eigenvalue weighted by molar-refractivity contribution is 6.09. The van der Waals surface area contributed by atoms with Crippen LogP contribution in [0.5, 0.6) is 0 Å². The summed E-state index contributed by atoms with van der Waals surface area (Å²) in [5.74, 6) is 11.8. The van der Waals surface area contributed by atoms with E-state index in [0.717, 1.165) is 27.8 Å². The third kappa shape index (κ3) is 4.13. The Hall–Kier alpha value is -3.37. The monoisotopic (exact) mass is 335 g/mol. The zero-order valence-corrected chi connectivity index (χ0v) is 14.0. The van der Waals surface area contributed by atoms with Crippen LogP contribution in [0.15, 0.2) is 52.6 Å². The molecule has 7 heteroatoms. The summed E-state index contributed by atoms with van der Waals surface area (Å²) in [5, 5.41) is 12.3. The number of hydrazine groups is 1. The molecule has 7 nitrogen and oxygen atoms in total. The normalized spacial score (nSPS) is 11.9. The standard InChI is InChI=1S/C18H21N7/c1-12-7-8-14(16(11-12)17(20)24-21)13-5-2-3-6-15(13)18(25-22)23-10-4-9-19/h2-3,5-8,11H,4,10,21-22H2,1H3,(H2,20,24)(H,23,25). The summed E-state index contributed by atoms with van der Waals surface area (Å²) in [5.41, 5.74) is 12.9. The Morgan fingerprint density at radius 1 is 1.16 bits per heavy atom. The van der Waals surface area contributed by atoms with Gasteiger partial charge in [-0.05, 0) is 24.1 Å². The number of hydrogen-bond donors (Lipinski definition) is 4. The van der Waals surface area contributed by atoms with E-state index < -0.39 is 0 Å². The summed E-state index contributed by atoms with van der Waals surface area (Å²) in [7, 11) is 0. The van der Waals surface area contributed by atoms with E-state index in [-0.39, 0.29) is 5.84 Å². The van der Waals surface area contributed by atoms with Crippen molar-refractivity contribution < 1.29 is 0 Å². The van der Waals surface area contributed by atoms with E-state index in [1.54, 1.807) is 0 Å². The smallest absolute Gasteiger partial charge is 0.150 e. The van der Waals surface area contributed by atoms with Gasteiger partial charge < -0.3 is 17.0 Å². The van der Waals surface area contributed by atoms with Crippen LogP contribution in [0.4, 0.5) is 0 Å². The number of aliphatic imine (C=N–C) groups is 1. The second-order valence-corrected chi connectivity index (χ2v) is 5.39. The maximum absolute atomic E-state index is 8.70. The molecule has 128 valence electrons. The number of nitrogens with zero attached hydrogens (tertiary/aromatic N) is 3. The van der Waals surface area contributed by atoms with Crippen molar-refractivity contribution >= 4 is 11.7 Å². The lowest BCUT2D eigenvalue weighted by Gasteiger charge is -2.15. The number of nitriles is 1. The summed E-state index contributed by atoms with van der Waals surface area (Å²) in [6, 6.07) is 15.6. The molecule has 0 saturated heterocycles. The molecule has 0 heterocycles. The van der Waals surface area contributed by atoms with Crippen molar-refractivity contribution in [2.45, 2.75) is 13.3 Å². The van der Waals surface area contributed by atoms with Gasteiger partial charge in [0.15, 0.2) is 5.84 Å². The molecule has 0 atom stereocenters. The number of hydrogen-bond acceptors (Lipinski definition) is 5. The van der Waals surface area contributed by atoms with Gasteiger partial charge in [-0.15, -0.1) is 0 Å².